The molecule has 0 aliphatic carbocycles. The zero-order valence-electron chi connectivity index (χ0n) is 12.5. The van der Waals surface area contributed by atoms with Crippen LogP contribution in [-0.2, 0) is 6.18 Å². The first-order valence-corrected chi connectivity index (χ1v) is 7.29. The summed E-state index contributed by atoms with van der Waals surface area (Å²) in [5.74, 6) is -0.711. The number of nitro groups is 1. The molecule has 3 rings (SSSR count). The van der Waals surface area contributed by atoms with Crippen LogP contribution in [0.1, 0.15) is 12.5 Å². The normalized spacial score (nSPS) is 12.0. The molecule has 0 radical (unpaired) electrons. The molecule has 1 N–H and O–H groups in total. The number of hydrogen-bond acceptors (Lipinski definition) is 5. The highest BCUT2D eigenvalue weighted by atomic mass is 35.5. The Morgan fingerprint density at radius 3 is 2.56 bits per heavy atom. The predicted molar refractivity (Wildman–Crippen MR) is 82.3 cm³/mol. The number of phenols is 1. The average molecular weight is 376 g/mol. The Morgan fingerprint density at radius 1 is 1.36 bits per heavy atom. The van der Waals surface area contributed by atoms with Gasteiger partial charge in [0.1, 0.15) is 0 Å². The number of aromatic hydroxyl groups is 1. The van der Waals surface area contributed by atoms with E-state index in [-0.39, 0.29) is 39.7 Å². The Hall–Kier alpha value is -2.68. The second-order valence-electron chi connectivity index (χ2n) is 5.04. The fourth-order valence-corrected chi connectivity index (χ4v) is 2.82. The van der Waals surface area contributed by atoms with Crippen LogP contribution >= 0.6 is 11.6 Å². The number of alkyl halides is 3. The van der Waals surface area contributed by atoms with Crippen LogP contribution in [0.25, 0.3) is 22.3 Å². The van der Waals surface area contributed by atoms with Crippen LogP contribution in [0.3, 0.4) is 0 Å². The highest BCUT2D eigenvalue weighted by Crippen LogP contribution is 2.55. The fraction of sp³-hybridized carbons (Fsp3) is 0.200. The van der Waals surface area contributed by atoms with E-state index in [0.717, 1.165) is 12.1 Å². The van der Waals surface area contributed by atoms with E-state index in [1.165, 1.54) is 0 Å². The third kappa shape index (κ3) is 2.60. The van der Waals surface area contributed by atoms with Gasteiger partial charge in [-0.25, -0.2) is 0 Å². The van der Waals surface area contributed by atoms with E-state index in [0.29, 0.717) is 6.07 Å². The molecular weight excluding hydrogens is 367 g/mol. The Kier molecular flexibility index (Phi) is 3.91. The number of hydrogen-bond donors (Lipinski definition) is 1. The van der Waals surface area contributed by atoms with Gasteiger partial charge in [-0.2, -0.15) is 13.2 Å². The SMILES string of the molecule is CCOc1c([N+](=O)[O-])c2oc1c(O)c2-c1ccc(C(F)(F)F)cc1Cl. The van der Waals surface area contributed by atoms with Crippen molar-refractivity contribution in [2.45, 2.75) is 13.1 Å². The zero-order valence-corrected chi connectivity index (χ0v) is 13.2. The lowest BCUT2D eigenvalue weighted by atomic mass is 10.0. The van der Waals surface area contributed by atoms with Crippen molar-refractivity contribution in [1.82, 2.24) is 0 Å². The topological polar surface area (TPSA) is 85.7 Å². The van der Waals surface area contributed by atoms with Gasteiger partial charge >= 0.3 is 11.9 Å². The van der Waals surface area contributed by atoms with Crippen LogP contribution in [0, 0.1) is 10.1 Å². The maximum Gasteiger partial charge on any atom is 0.416 e. The summed E-state index contributed by atoms with van der Waals surface area (Å²) >= 11 is 5.90. The monoisotopic (exact) mass is 375 g/mol. The molecule has 2 bridgehead atoms. The minimum atomic E-state index is -4.60. The van der Waals surface area contributed by atoms with Gasteiger partial charge in [0, 0.05) is 10.6 Å². The number of benzene rings is 2. The van der Waals surface area contributed by atoms with Gasteiger partial charge in [-0.15, -0.1) is 0 Å². The lowest BCUT2D eigenvalue weighted by Gasteiger charge is -2.10. The van der Waals surface area contributed by atoms with Gasteiger partial charge in [0.2, 0.25) is 16.9 Å². The van der Waals surface area contributed by atoms with Gasteiger partial charge in [-0.1, -0.05) is 17.7 Å². The van der Waals surface area contributed by atoms with E-state index >= 15 is 0 Å². The van der Waals surface area contributed by atoms with Crippen LogP contribution in [0.4, 0.5) is 18.9 Å². The van der Waals surface area contributed by atoms with E-state index in [1.54, 1.807) is 6.92 Å². The molecule has 0 atom stereocenters. The third-order valence-corrected chi connectivity index (χ3v) is 3.87. The highest BCUT2D eigenvalue weighted by molar-refractivity contribution is 6.34. The van der Waals surface area contributed by atoms with Gasteiger partial charge in [-0.05, 0) is 19.1 Å². The minimum Gasteiger partial charge on any atom is -0.504 e. The molecule has 0 saturated carbocycles. The van der Waals surface area contributed by atoms with Crippen molar-refractivity contribution in [2.24, 2.45) is 0 Å². The molecule has 3 aromatic rings. The Morgan fingerprint density at radius 2 is 2.04 bits per heavy atom. The smallest absolute Gasteiger partial charge is 0.416 e. The molecule has 25 heavy (non-hydrogen) atoms. The number of fused-ring (bicyclic) bond motifs is 2. The molecular formula is C15H9ClF3NO5. The summed E-state index contributed by atoms with van der Waals surface area (Å²) in [7, 11) is 0. The lowest BCUT2D eigenvalue weighted by Crippen LogP contribution is -2.04. The number of phenolic OH excluding ortho intramolecular Hbond substituents is 1. The van der Waals surface area contributed by atoms with E-state index in [4.69, 9.17) is 20.8 Å². The standard InChI is InChI=1S/C15H9ClF3NO5/c1-2-24-13-10(20(22)23)12-9(11(21)14(13)25-12)7-4-3-6(5-8(7)16)15(17,18)19/h3-5,21H,2H2,1H3. The van der Waals surface area contributed by atoms with Crippen molar-refractivity contribution < 1.29 is 32.4 Å². The number of halogens is 4. The van der Waals surface area contributed by atoms with E-state index in [2.05, 4.69) is 0 Å². The van der Waals surface area contributed by atoms with E-state index in [9.17, 15) is 28.4 Å². The molecule has 6 nitrogen and oxygen atoms in total. The maximum atomic E-state index is 12.7. The largest absolute Gasteiger partial charge is 0.504 e. The van der Waals surface area contributed by atoms with Gasteiger partial charge < -0.3 is 14.3 Å². The van der Waals surface area contributed by atoms with E-state index in [1.807, 2.05) is 0 Å². The second kappa shape index (κ2) is 5.69. The third-order valence-electron chi connectivity index (χ3n) is 3.56. The Balaban J connectivity index is 2.23. The molecule has 0 aliphatic heterocycles. The summed E-state index contributed by atoms with van der Waals surface area (Å²) in [6, 6.07) is 2.46. The van der Waals surface area contributed by atoms with Crippen molar-refractivity contribution in [3.8, 4) is 22.6 Å². The summed E-state index contributed by atoms with van der Waals surface area (Å²) in [5.41, 5.74) is -2.24. The van der Waals surface area contributed by atoms with Crippen molar-refractivity contribution in [3.63, 3.8) is 0 Å². The number of nitrogens with zero attached hydrogens (tertiary/aromatic N) is 1. The first-order chi connectivity index (χ1) is 11.7. The van der Waals surface area contributed by atoms with Gasteiger partial charge in [-0.3, -0.25) is 10.1 Å². The first-order valence-electron chi connectivity index (χ1n) is 6.91. The highest BCUT2D eigenvalue weighted by Gasteiger charge is 2.38. The molecule has 132 valence electrons. The van der Waals surface area contributed by atoms with Crippen LogP contribution in [-0.4, -0.2) is 16.6 Å². The molecule has 2 aromatic heterocycles. The molecule has 0 saturated heterocycles. The number of rotatable bonds is 4. The molecule has 0 spiro atoms. The number of nitro benzene ring substituents is 1. The second-order valence-corrected chi connectivity index (χ2v) is 5.45. The van der Waals surface area contributed by atoms with E-state index < -0.39 is 28.1 Å². The molecule has 2 heterocycles. The molecule has 0 amide bonds. The van der Waals surface area contributed by atoms with Crippen molar-refractivity contribution >= 4 is 28.5 Å². The van der Waals surface area contributed by atoms with Crippen molar-refractivity contribution in [2.75, 3.05) is 6.61 Å². The van der Waals surface area contributed by atoms with Crippen molar-refractivity contribution in [3.05, 3.63) is 38.9 Å². The number of ether oxygens (including phenoxy) is 1. The van der Waals surface area contributed by atoms with Gasteiger partial charge in [0.25, 0.3) is 0 Å². The predicted octanol–water partition coefficient (Wildman–Crippen LogP) is 5.22. The van der Waals surface area contributed by atoms with Crippen LogP contribution in [0.2, 0.25) is 5.02 Å². The summed E-state index contributed by atoms with van der Waals surface area (Å²) in [6.45, 7) is 1.69. The quantitative estimate of drug-likeness (QED) is 0.499. The summed E-state index contributed by atoms with van der Waals surface area (Å²) in [5, 5.41) is 21.2. The van der Waals surface area contributed by atoms with Gasteiger partial charge in [0.15, 0.2) is 5.75 Å². The minimum absolute atomic E-state index is 0.0212. The maximum absolute atomic E-state index is 12.7. The summed E-state index contributed by atoms with van der Waals surface area (Å²) < 4.78 is 48.6. The first kappa shape index (κ1) is 17.2. The summed E-state index contributed by atoms with van der Waals surface area (Å²) in [6.07, 6.45) is -4.60. The molecule has 0 fully saturated rings. The van der Waals surface area contributed by atoms with Crippen molar-refractivity contribution in [1.29, 1.82) is 0 Å². The average Bonchev–Trinajstić information content (AvgIpc) is 3.02. The number of furan rings is 2. The molecule has 1 aromatic carbocycles. The van der Waals surface area contributed by atoms with Crippen LogP contribution in [0.15, 0.2) is 22.6 Å². The zero-order chi connectivity index (χ0) is 18.5. The van der Waals surface area contributed by atoms with Crippen LogP contribution < -0.4 is 4.74 Å². The molecule has 10 heteroatoms. The fourth-order valence-electron chi connectivity index (χ4n) is 2.54. The Bertz CT molecular complexity index is 966. The molecule has 0 unspecified atom stereocenters. The molecule has 0 aliphatic rings. The Labute approximate surface area is 142 Å². The van der Waals surface area contributed by atoms with Gasteiger partial charge in [0.05, 0.1) is 22.7 Å². The van der Waals surface area contributed by atoms with Crippen LogP contribution in [0.5, 0.6) is 11.5 Å². The lowest BCUT2D eigenvalue weighted by molar-refractivity contribution is -0.384. The summed E-state index contributed by atoms with van der Waals surface area (Å²) in [4.78, 5) is 10.5.